The average Bonchev–Trinajstić information content (AvgIpc) is 2.28. The van der Waals surface area contributed by atoms with Crippen LogP contribution in [-0.2, 0) is 4.74 Å². The van der Waals surface area contributed by atoms with Crippen molar-refractivity contribution in [1.29, 1.82) is 0 Å². The molecule has 108 valence electrons. The van der Waals surface area contributed by atoms with Crippen LogP contribution in [0.4, 0.5) is 17.6 Å². The molecule has 2 N–H and O–H groups in total. The summed E-state index contributed by atoms with van der Waals surface area (Å²) in [6.45, 7) is 0.134. The molecule has 1 aromatic carbocycles. The molecule has 0 spiro atoms. The summed E-state index contributed by atoms with van der Waals surface area (Å²) in [6, 6.07) is 5.63. The number of halogens is 5. The molecule has 0 saturated heterocycles. The Morgan fingerprint density at radius 1 is 1.37 bits per heavy atom. The van der Waals surface area contributed by atoms with Crippen molar-refractivity contribution < 1.29 is 22.3 Å². The van der Waals surface area contributed by atoms with Crippen LogP contribution in [0.3, 0.4) is 0 Å². The van der Waals surface area contributed by atoms with Gasteiger partial charge in [0.05, 0.1) is 6.10 Å². The van der Waals surface area contributed by atoms with Crippen molar-refractivity contribution >= 4 is 11.6 Å². The van der Waals surface area contributed by atoms with Crippen LogP contribution in [-0.4, -0.2) is 25.0 Å². The topological polar surface area (TPSA) is 35.2 Å². The molecular weight excluding hydrogens is 286 g/mol. The molecule has 2 unspecified atom stereocenters. The Morgan fingerprint density at radius 2 is 2.00 bits per heavy atom. The lowest BCUT2D eigenvalue weighted by Gasteiger charge is -2.24. The first-order chi connectivity index (χ1) is 8.74. The maximum Gasteiger partial charge on any atom is 0.330 e. The smallest absolute Gasteiger partial charge is 0.330 e. The number of hydrogen-bond acceptors (Lipinski definition) is 2. The number of benzene rings is 1. The Kier molecular flexibility index (Phi) is 5.58. The van der Waals surface area contributed by atoms with Crippen LogP contribution in [0.5, 0.6) is 0 Å². The summed E-state index contributed by atoms with van der Waals surface area (Å²) in [5, 5.41) is 0.382. The van der Waals surface area contributed by atoms with E-state index < -0.39 is 31.1 Å². The average molecular weight is 300 g/mol. The maximum absolute atomic E-state index is 12.8. The normalized spacial score (nSPS) is 15.6. The van der Waals surface area contributed by atoms with Gasteiger partial charge in [-0.3, -0.25) is 0 Å². The molecule has 1 rings (SSSR count). The van der Waals surface area contributed by atoms with Gasteiger partial charge in [-0.05, 0) is 24.6 Å². The third-order valence-corrected chi connectivity index (χ3v) is 2.66. The SMILES string of the molecule is CC(N)C(OCC(F)(F)C(F)F)c1cccc(Cl)c1. The summed E-state index contributed by atoms with van der Waals surface area (Å²) >= 11 is 5.77. The van der Waals surface area contributed by atoms with Crippen LogP contribution in [0.25, 0.3) is 0 Å². The fraction of sp³-hybridized carbons (Fsp3) is 0.500. The highest BCUT2D eigenvalue weighted by Gasteiger charge is 2.42. The van der Waals surface area contributed by atoms with Crippen molar-refractivity contribution in [1.82, 2.24) is 0 Å². The largest absolute Gasteiger partial charge is 0.365 e. The molecule has 0 aliphatic heterocycles. The van der Waals surface area contributed by atoms with Gasteiger partial charge in [0.25, 0.3) is 0 Å². The van der Waals surface area contributed by atoms with Crippen LogP contribution >= 0.6 is 11.6 Å². The quantitative estimate of drug-likeness (QED) is 0.814. The summed E-state index contributed by atoms with van der Waals surface area (Å²) < 4.78 is 54.6. The Balaban J connectivity index is 2.80. The molecule has 0 aromatic heterocycles. The molecule has 0 bridgehead atoms. The minimum absolute atomic E-state index is 0.382. The van der Waals surface area contributed by atoms with Gasteiger partial charge in [0.15, 0.2) is 0 Å². The predicted octanol–water partition coefficient (Wildman–Crippen LogP) is 3.65. The van der Waals surface area contributed by atoms with Crippen LogP contribution < -0.4 is 5.73 Å². The van der Waals surface area contributed by atoms with Crippen molar-refractivity contribution in [3.63, 3.8) is 0 Å². The Hall–Kier alpha value is -0.850. The summed E-state index contributed by atoms with van der Waals surface area (Å²) in [7, 11) is 0. The first kappa shape index (κ1) is 16.2. The van der Waals surface area contributed by atoms with Crippen LogP contribution in [0.2, 0.25) is 5.02 Å². The molecule has 0 radical (unpaired) electrons. The van der Waals surface area contributed by atoms with E-state index in [4.69, 9.17) is 22.1 Å². The second-order valence-electron chi connectivity index (χ2n) is 4.21. The van der Waals surface area contributed by atoms with Crippen LogP contribution in [0.1, 0.15) is 18.6 Å². The number of alkyl halides is 4. The zero-order valence-electron chi connectivity index (χ0n) is 10.1. The van der Waals surface area contributed by atoms with E-state index in [0.29, 0.717) is 10.6 Å². The van der Waals surface area contributed by atoms with Crippen molar-refractivity contribution in [2.45, 2.75) is 31.4 Å². The van der Waals surface area contributed by atoms with Crippen LogP contribution in [0, 0.1) is 0 Å². The second-order valence-corrected chi connectivity index (χ2v) is 4.64. The molecule has 2 nitrogen and oxygen atoms in total. The van der Waals surface area contributed by atoms with Crippen LogP contribution in [0.15, 0.2) is 24.3 Å². The van der Waals surface area contributed by atoms with Gasteiger partial charge < -0.3 is 10.5 Å². The van der Waals surface area contributed by atoms with Crippen molar-refractivity contribution in [3.05, 3.63) is 34.9 Å². The van der Waals surface area contributed by atoms with Gasteiger partial charge in [0.2, 0.25) is 0 Å². The second kappa shape index (κ2) is 6.54. The molecule has 2 atom stereocenters. The molecule has 0 fully saturated rings. The van der Waals surface area contributed by atoms with Gasteiger partial charge >= 0.3 is 12.3 Å². The monoisotopic (exact) mass is 299 g/mol. The first-order valence-electron chi connectivity index (χ1n) is 5.52. The Morgan fingerprint density at radius 3 is 2.47 bits per heavy atom. The molecule has 7 heteroatoms. The summed E-state index contributed by atoms with van der Waals surface area (Å²) in [5.41, 5.74) is 6.09. The third-order valence-electron chi connectivity index (χ3n) is 2.43. The fourth-order valence-electron chi connectivity index (χ4n) is 1.50. The summed E-state index contributed by atoms with van der Waals surface area (Å²) in [6.07, 6.45) is -4.70. The predicted molar refractivity (Wildman–Crippen MR) is 64.7 cm³/mol. The molecule has 0 amide bonds. The lowest BCUT2D eigenvalue weighted by atomic mass is 10.0. The third kappa shape index (κ3) is 4.63. The molecule has 1 aromatic rings. The van der Waals surface area contributed by atoms with Gasteiger partial charge in [-0.2, -0.15) is 8.78 Å². The highest BCUT2D eigenvalue weighted by Crippen LogP contribution is 2.28. The van der Waals surface area contributed by atoms with Gasteiger partial charge in [0, 0.05) is 11.1 Å². The minimum Gasteiger partial charge on any atom is -0.365 e. The van der Waals surface area contributed by atoms with E-state index in [0.717, 1.165) is 0 Å². The number of rotatable bonds is 6. The molecule has 0 heterocycles. The highest BCUT2D eigenvalue weighted by molar-refractivity contribution is 6.30. The van der Waals surface area contributed by atoms with E-state index in [-0.39, 0.29) is 0 Å². The van der Waals surface area contributed by atoms with Gasteiger partial charge in [0.1, 0.15) is 6.61 Å². The van der Waals surface area contributed by atoms with E-state index in [1.807, 2.05) is 0 Å². The van der Waals surface area contributed by atoms with Crippen molar-refractivity contribution in [2.24, 2.45) is 5.73 Å². The lowest BCUT2D eigenvalue weighted by Crippen LogP contribution is -2.36. The zero-order valence-corrected chi connectivity index (χ0v) is 10.9. The number of ether oxygens (including phenoxy) is 1. The molecular formula is C12H14ClF4NO. The van der Waals surface area contributed by atoms with Gasteiger partial charge in [-0.25, -0.2) is 8.78 Å². The molecule has 0 aliphatic carbocycles. The summed E-state index contributed by atoms with van der Waals surface area (Å²) in [5.74, 6) is -4.20. The lowest BCUT2D eigenvalue weighted by molar-refractivity contribution is -0.178. The summed E-state index contributed by atoms with van der Waals surface area (Å²) in [4.78, 5) is 0. The molecule has 0 saturated carbocycles. The van der Waals surface area contributed by atoms with Crippen molar-refractivity contribution in [2.75, 3.05) is 6.61 Å². The van der Waals surface area contributed by atoms with E-state index >= 15 is 0 Å². The standard InChI is InChI=1S/C12H14ClF4NO/c1-7(18)10(8-3-2-4-9(13)5-8)19-6-12(16,17)11(14)15/h2-5,7,10-11H,6,18H2,1H3. The van der Waals surface area contributed by atoms with Crippen molar-refractivity contribution in [3.8, 4) is 0 Å². The number of hydrogen-bond donors (Lipinski definition) is 1. The van der Waals surface area contributed by atoms with E-state index in [2.05, 4.69) is 0 Å². The van der Waals surface area contributed by atoms with Gasteiger partial charge in [-0.1, -0.05) is 23.7 Å². The fourth-order valence-corrected chi connectivity index (χ4v) is 1.70. The Bertz CT molecular complexity index is 414. The van der Waals surface area contributed by atoms with E-state index in [1.54, 1.807) is 18.2 Å². The molecule has 19 heavy (non-hydrogen) atoms. The number of nitrogens with two attached hydrogens (primary N) is 1. The van der Waals surface area contributed by atoms with Gasteiger partial charge in [-0.15, -0.1) is 0 Å². The zero-order chi connectivity index (χ0) is 14.6. The first-order valence-corrected chi connectivity index (χ1v) is 5.90. The molecule has 0 aliphatic rings. The maximum atomic E-state index is 12.8. The van der Waals surface area contributed by atoms with E-state index in [1.165, 1.54) is 13.0 Å². The Labute approximate surface area is 113 Å². The highest BCUT2D eigenvalue weighted by atomic mass is 35.5. The minimum atomic E-state index is -4.20. The van der Waals surface area contributed by atoms with E-state index in [9.17, 15) is 17.6 Å².